The molecule has 3 rings (SSSR count). The number of rotatable bonds is 4. The number of amides is 1. The van der Waals surface area contributed by atoms with Crippen molar-refractivity contribution >= 4 is 77.8 Å². The van der Waals surface area contributed by atoms with Crippen molar-refractivity contribution in [3.05, 3.63) is 55.8 Å². The molecule has 8 heteroatoms. The second-order valence-electron chi connectivity index (χ2n) is 5.24. The summed E-state index contributed by atoms with van der Waals surface area (Å²) in [7, 11) is 3.15. The fourth-order valence-corrected chi connectivity index (χ4v) is 4.79. The Morgan fingerprint density at radius 2 is 1.92 bits per heavy atom. The second kappa shape index (κ2) is 8.12. The topological polar surface area (TPSA) is 38.8 Å². The summed E-state index contributed by atoms with van der Waals surface area (Å²) in [6.07, 6.45) is 1.80. The third kappa shape index (κ3) is 3.83. The molecule has 0 atom stereocenters. The number of thioether (sulfide) groups is 1. The average Bonchev–Trinajstić information content (AvgIpc) is 2.88. The van der Waals surface area contributed by atoms with Crippen LogP contribution in [0.4, 0.5) is 5.69 Å². The van der Waals surface area contributed by atoms with Crippen molar-refractivity contribution in [3.63, 3.8) is 0 Å². The zero-order valence-electron chi connectivity index (χ0n) is 13.8. The Morgan fingerprint density at radius 1 is 1.15 bits per heavy atom. The Hall–Kier alpha value is -1.35. The van der Waals surface area contributed by atoms with E-state index in [1.165, 1.54) is 16.7 Å². The van der Waals surface area contributed by atoms with Gasteiger partial charge in [-0.25, -0.2) is 0 Å². The third-order valence-electron chi connectivity index (χ3n) is 3.61. The molecule has 134 valence electrons. The maximum absolute atomic E-state index is 12.9. The average molecular weight is 515 g/mol. The number of benzene rings is 2. The quantitative estimate of drug-likeness (QED) is 0.390. The molecule has 0 saturated carbocycles. The minimum Gasteiger partial charge on any atom is -0.493 e. The molecule has 1 heterocycles. The number of hydrogen-bond donors (Lipinski definition) is 0. The fraction of sp³-hybridized carbons (Fsp3) is 0.111. The number of anilines is 1. The molecule has 0 bridgehead atoms. The Morgan fingerprint density at radius 3 is 2.58 bits per heavy atom. The van der Waals surface area contributed by atoms with Crippen LogP contribution in [-0.2, 0) is 4.79 Å². The van der Waals surface area contributed by atoms with Crippen LogP contribution in [-0.4, -0.2) is 24.4 Å². The monoisotopic (exact) mass is 513 g/mol. The Bertz CT molecular complexity index is 931. The number of carbonyl (C=O) groups is 1. The molecule has 2 aromatic rings. The first-order valence-corrected chi connectivity index (χ1v) is 10.2. The van der Waals surface area contributed by atoms with Crippen LogP contribution in [0.1, 0.15) is 5.56 Å². The highest BCUT2D eigenvalue weighted by Crippen LogP contribution is 2.40. The van der Waals surface area contributed by atoms with Crippen LogP contribution in [0, 0.1) is 0 Å². The maximum Gasteiger partial charge on any atom is 0.270 e. The molecule has 1 fully saturated rings. The Balaban J connectivity index is 1.97. The van der Waals surface area contributed by atoms with Gasteiger partial charge in [0.1, 0.15) is 0 Å². The van der Waals surface area contributed by atoms with Gasteiger partial charge in [0.25, 0.3) is 5.91 Å². The first kappa shape index (κ1) is 19.4. The molecule has 0 aliphatic carbocycles. The van der Waals surface area contributed by atoms with Gasteiger partial charge in [-0.05, 0) is 57.9 Å². The fourth-order valence-electron chi connectivity index (χ4n) is 2.48. The number of thiocarbonyl (C=S) groups is 1. The van der Waals surface area contributed by atoms with E-state index in [1.54, 1.807) is 20.3 Å². The van der Waals surface area contributed by atoms with Gasteiger partial charge < -0.3 is 9.47 Å². The molecule has 0 radical (unpaired) electrons. The SMILES string of the molecule is COc1cc(/C=C2/SC(=S)N(c3cccc(Br)c3)C2=O)cc(Br)c1OC. The van der Waals surface area contributed by atoms with E-state index in [1.807, 2.05) is 36.4 Å². The van der Waals surface area contributed by atoms with E-state index in [0.717, 1.165) is 20.2 Å². The van der Waals surface area contributed by atoms with E-state index in [9.17, 15) is 4.79 Å². The molecule has 0 spiro atoms. The number of halogens is 2. The molecule has 1 aliphatic rings. The lowest BCUT2D eigenvalue weighted by molar-refractivity contribution is -0.113. The molecule has 1 saturated heterocycles. The van der Waals surface area contributed by atoms with Crippen LogP contribution < -0.4 is 14.4 Å². The molecule has 1 amide bonds. The highest BCUT2D eigenvalue weighted by molar-refractivity contribution is 9.10. The highest BCUT2D eigenvalue weighted by Gasteiger charge is 2.33. The van der Waals surface area contributed by atoms with Crippen LogP contribution >= 0.6 is 55.8 Å². The molecule has 0 unspecified atom stereocenters. The predicted octanol–water partition coefficient (Wildman–Crippen LogP) is 5.63. The van der Waals surface area contributed by atoms with Gasteiger partial charge >= 0.3 is 0 Å². The normalized spacial score (nSPS) is 15.7. The number of carbonyl (C=O) groups excluding carboxylic acids is 1. The van der Waals surface area contributed by atoms with Gasteiger partial charge in [-0.15, -0.1) is 0 Å². The van der Waals surface area contributed by atoms with Crippen LogP contribution in [0.25, 0.3) is 6.08 Å². The van der Waals surface area contributed by atoms with Crippen LogP contribution in [0.3, 0.4) is 0 Å². The van der Waals surface area contributed by atoms with E-state index in [4.69, 9.17) is 21.7 Å². The highest BCUT2D eigenvalue weighted by atomic mass is 79.9. The minimum absolute atomic E-state index is 0.149. The van der Waals surface area contributed by atoms with Gasteiger partial charge in [-0.3, -0.25) is 9.69 Å². The molecule has 26 heavy (non-hydrogen) atoms. The first-order valence-electron chi connectivity index (χ1n) is 7.39. The van der Waals surface area contributed by atoms with Crippen LogP contribution in [0.15, 0.2) is 50.2 Å². The van der Waals surface area contributed by atoms with Gasteiger partial charge in [-0.1, -0.05) is 46.0 Å². The van der Waals surface area contributed by atoms with Crippen molar-refractivity contribution in [2.75, 3.05) is 19.1 Å². The molecule has 4 nitrogen and oxygen atoms in total. The molecular formula is C18H13Br2NO3S2. The van der Waals surface area contributed by atoms with E-state index < -0.39 is 0 Å². The summed E-state index contributed by atoms with van der Waals surface area (Å²) >= 11 is 13.6. The predicted molar refractivity (Wildman–Crippen MR) is 117 cm³/mol. The summed E-state index contributed by atoms with van der Waals surface area (Å²) in [4.78, 5) is 14.9. The van der Waals surface area contributed by atoms with E-state index in [0.29, 0.717) is 20.7 Å². The van der Waals surface area contributed by atoms with E-state index >= 15 is 0 Å². The van der Waals surface area contributed by atoms with E-state index in [-0.39, 0.29) is 5.91 Å². The summed E-state index contributed by atoms with van der Waals surface area (Å²) in [5, 5.41) is 0. The molecule has 2 aromatic carbocycles. The lowest BCUT2D eigenvalue weighted by Crippen LogP contribution is -2.27. The minimum atomic E-state index is -0.149. The zero-order chi connectivity index (χ0) is 18.8. The van der Waals surface area contributed by atoms with Crippen molar-refractivity contribution in [2.45, 2.75) is 0 Å². The number of hydrogen-bond acceptors (Lipinski definition) is 5. The Labute approximate surface area is 177 Å². The van der Waals surface area contributed by atoms with Crippen LogP contribution in [0.5, 0.6) is 11.5 Å². The van der Waals surface area contributed by atoms with E-state index in [2.05, 4.69) is 31.9 Å². The number of methoxy groups -OCH3 is 2. The second-order valence-corrected chi connectivity index (χ2v) is 8.68. The number of ether oxygens (including phenoxy) is 2. The third-order valence-corrected chi connectivity index (χ3v) is 6.00. The smallest absolute Gasteiger partial charge is 0.270 e. The molecule has 0 aromatic heterocycles. The van der Waals surface area contributed by atoms with Gasteiger partial charge in [0.05, 0.1) is 29.3 Å². The van der Waals surface area contributed by atoms with Crippen molar-refractivity contribution < 1.29 is 14.3 Å². The number of nitrogens with zero attached hydrogens (tertiary/aromatic N) is 1. The summed E-state index contributed by atoms with van der Waals surface area (Å²) in [5.41, 5.74) is 1.54. The zero-order valence-corrected chi connectivity index (χ0v) is 18.6. The standard InChI is InChI=1S/C18H13Br2NO3S2/c1-23-14-7-10(6-13(20)16(14)24-2)8-15-17(22)21(18(25)26-15)12-5-3-4-11(19)9-12/h3-9H,1-2H3/b15-8+. The summed E-state index contributed by atoms with van der Waals surface area (Å²) in [6, 6.07) is 11.2. The molecule has 0 N–H and O–H groups in total. The largest absolute Gasteiger partial charge is 0.493 e. The summed E-state index contributed by atoms with van der Waals surface area (Å²) in [6.45, 7) is 0. The Kier molecular flexibility index (Phi) is 6.06. The molecule has 1 aliphatic heterocycles. The maximum atomic E-state index is 12.9. The lowest BCUT2D eigenvalue weighted by atomic mass is 10.2. The van der Waals surface area contributed by atoms with Crippen LogP contribution in [0.2, 0.25) is 0 Å². The van der Waals surface area contributed by atoms with Gasteiger partial charge in [-0.2, -0.15) is 0 Å². The van der Waals surface area contributed by atoms with Gasteiger partial charge in [0.2, 0.25) is 0 Å². The summed E-state index contributed by atoms with van der Waals surface area (Å²) in [5.74, 6) is 1.03. The first-order chi connectivity index (χ1) is 12.4. The molecular weight excluding hydrogens is 502 g/mol. The van der Waals surface area contributed by atoms with Gasteiger partial charge in [0.15, 0.2) is 15.8 Å². The van der Waals surface area contributed by atoms with Crippen molar-refractivity contribution in [3.8, 4) is 11.5 Å². The van der Waals surface area contributed by atoms with Crippen molar-refractivity contribution in [2.24, 2.45) is 0 Å². The lowest BCUT2D eigenvalue weighted by Gasteiger charge is -2.14. The van der Waals surface area contributed by atoms with Crippen molar-refractivity contribution in [1.82, 2.24) is 0 Å². The van der Waals surface area contributed by atoms with Crippen molar-refractivity contribution in [1.29, 1.82) is 0 Å². The summed E-state index contributed by atoms with van der Waals surface area (Å²) < 4.78 is 12.8. The van der Waals surface area contributed by atoms with Gasteiger partial charge in [0, 0.05) is 4.47 Å².